The third-order valence-electron chi connectivity index (χ3n) is 4.49. The Morgan fingerprint density at radius 2 is 1.32 bits per heavy atom. The molecule has 1 saturated heterocycles. The number of unbranched alkanes of at least 4 members (excludes halogenated alkanes) is 7. The third-order valence-corrected chi connectivity index (χ3v) is 4.49. The molecule has 0 bridgehead atoms. The Morgan fingerprint density at radius 3 is 2.05 bits per heavy atom. The minimum atomic E-state index is 0.570. The zero-order valence-corrected chi connectivity index (χ0v) is 15.1. The topological polar surface area (TPSA) is 12.5 Å². The summed E-state index contributed by atoms with van der Waals surface area (Å²) in [7, 11) is 0. The van der Waals surface area contributed by atoms with Crippen molar-refractivity contribution in [1.29, 1.82) is 0 Å². The summed E-state index contributed by atoms with van der Waals surface area (Å²) in [6.07, 6.45) is 27.4. The maximum absolute atomic E-state index is 5.77. The first-order valence-corrected chi connectivity index (χ1v) is 9.84. The molecule has 0 aromatic rings. The van der Waals surface area contributed by atoms with Crippen molar-refractivity contribution in [2.24, 2.45) is 0 Å². The fourth-order valence-electron chi connectivity index (χ4n) is 2.98. The molecule has 2 atom stereocenters. The van der Waals surface area contributed by atoms with E-state index in [-0.39, 0.29) is 0 Å². The van der Waals surface area contributed by atoms with Gasteiger partial charge in [-0.1, -0.05) is 89.5 Å². The van der Waals surface area contributed by atoms with Crippen LogP contribution >= 0.6 is 0 Å². The predicted molar refractivity (Wildman–Crippen MR) is 98.3 cm³/mol. The number of epoxide rings is 1. The van der Waals surface area contributed by atoms with Crippen LogP contribution in [0, 0.1) is 0 Å². The molecule has 1 nitrogen and oxygen atoms in total. The molecule has 0 spiro atoms. The van der Waals surface area contributed by atoms with Crippen LogP contribution in [-0.4, -0.2) is 12.2 Å². The largest absolute Gasteiger partial charge is 0.370 e. The Bertz CT molecular complexity index is 292. The second-order valence-electron chi connectivity index (χ2n) is 6.64. The monoisotopic (exact) mass is 306 g/mol. The van der Waals surface area contributed by atoms with Gasteiger partial charge < -0.3 is 4.74 Å². The number of rotatable bonds is 15. The molecule has 2 unspecified atom stereocenters. The van der Waals surface area contributed by atoms with Crippen LogP contribution in [0.3, 0.4) is 0 Å². The summed E-state index contributed by atoms with van der Waals surface area (Å²) in [5.41, 5.74) is 0. The Morgan fingerprint density at radius 1 is 0.682 bits per heavy atom. The van der Waals surface area contributed by atoms with E-state index in [1.165, 1.54) is 70.6 Å². The van der Waals surface area contributed by atoms with Gasteiger partial charge in [0.2, 0.25) is 0 Å². The maximum atomic E-state index is 5.77. The van der Waals surface area contributed by atoms with Gasteiger partial charge in [-0.2, -0.15) is 0 Å². The van der Waals surface area contributed by atoms with Crippen molar-refractivity contribution in [2.45, 2.75) is 110 Å². The Kier molecular flexibility index (Phi) is 12.5. The summed E-state index contributed by atoms with van der Waals surface area (Å²) in [5.74, 6) is 0. The van der Waals surface area contributed by atoms with E-state index in [0.29, 0.717) is 12.2 Å². The first-order chi connectivity index (χ1) is 10.9. The highest BCUT2D eigenvalue weighted by molar-refractivity contribution is 4.94. The number of ether oxygens (including phenoxy) is 1. The van der Waals surface area contributed by atoms with E-state index in [9.17, 15) is 0 Å². The van der Waals surface area contributed by atoms with E-state index in [2.05, 4.69) is 38.2 Å². The summed E-state index contributed by atoms with van der Waals surface area (Å²) in [6, 6.07) is 0. The highest BCUT2D eigenvalue weighted by atomic mass is 16.6. The number of hydrogen-bond acceptors (Lipinski definition) is 1. The van der Waals surface area contributed by atoms with Crippen molar-refractivity contribution in [2.75, 3.05) is 0 Å². The molecule has 0 aromatic carbocycles. The Balaban J connectivity index is 1.81. The number of hydrogen-bond donors (Lipinski definition) is 0. The third kappa shape index (κ3) is 11.1. The van der Waals surface area contributed by atoms with Crippen LogP contribution in [0.25, 0.3) is 0 Å². The Labute approximate surface area is 139 Å². The van der Waals surface area contributed by atoms with Crippen LogP contribution in [0.1, 0.15) is 97.3 Å². The van der Waals surface area contributed by atoms with Crippen molar-refractivity contribution >= 4 is 0 Å². The van der Waals surface area contributed by atoms with E-state index in [0.717, 1.165) is 12.8 Å². The summed E-state index contributed by atoms with van der Waals surface area (Å²) < 4.78 is 5.77. The van der Waals surface area contributed by atoms with E-state index < -0.39 is 0 Å². The minimum Gasteiger partial charge on any atom is -0.370 e. The summed E-state index contributed by atoms with van der Waals surface area (Å²) in [4.78, 5) is 0. The average molecular weight is 307 g/mol. The van der Waals surface area contributed by atoms with Crippen LogP contribution < -0.4 is 0 Å². The lowest BCUT2D eigenvalue weighted by Gasteiger charge is -2.00. The van der Waals surface area contributed by atoms with Gasteiger partial charge in [0.1, 0.15) is 0 Å². The van der Waals surface area contributed by atoms with Gasteiger partial charge in [0.15, 0.2) is 0 Å². The molecule has 1 rings (SSSR count). The van der Waals surface area contributed by atoms with Crippen molar-refractivity contribution in [3.63, 3.8) is 0 Å². The first-order valence-electron chi connectivity index (χ1n) is 9.84. The zero-order chi connectivity index (χ0) is 15.9. The van der Waals surface area contributed by atoms with Gasteiger partial charge in [0, 0.05) is 0 Å². The SMILES string of the molecule is CC/C=C\C/C=C\CCC1OC1CCCCCCCCCC. The fourth-order valence-corrected chi connectivity index (χ4v) is 2.98. The molecule has 0 aromatic heterocycles. The van der Waals surface area contributed by atoms with Crippen LogP contribution in [-0.2, 0) is 4.74 Å². The fraction of sp³-hybridized carbons (Fsp3) is 0.810. The van der Waals surface area contributed by atoms with E-state index >= 15 is 0 Å². The summed E-state index contributed by atoms with van der Waals surface area (Å²) in [5, 5.41) is 0. The average Bonchev–Trinajstić information content (AvgIpc) is 3.27. The minimum absolute atomic E-state index is 0.570. The van der Waals surface area contributed by atoms with E-state index in [1.54, 1.807) is 0 Å². The van der Waals surface area contributed by atoms with Gasteiger partial charge in [-0.25, -0.2) is 0 Å². The normalized spacial score (nSPS) is 21.2. The summed E-state index contributed by atoms with van der Waals surface area (Å²) in [6.45, 7) is 4.46. The van der Waals surface area contributed by atoms with Crippen molar-refractivity contribution in [1.82, 2.24) is 0 Å². The molecular formula is C21H38O. The van der Waals surface area contributed by atoms with Crippen LogP contribution in [0.15, 0.2) is 24.3 Å². The molecule has 128 valence electrons. The lowest BCUT2D eigenvalue weighted by atomic mass is 10.0. The van der Waals surface area contributed by atoms with Crippen molar-refractivity contribution in [3.8, 4) is 0 Å². The van der Waals surface area contributed by atoms with Gasteiger partial charge in [0.05, 0.1) is 12.2 Å². The standard InChI is InChI=1S/C21H38O/c1-3-5-7-9-11-13-15-17-19-21-20(22-21)18-16-14-12-10-8-6-4-2/h6,8,12,14,20-21H,3-5,7,9-11,13,15-19H2,1-2H3/b8-6-,14-12-. The van der Waals surface area contributed by atoms with Gasteiger partial charge >= 0.3 is 0 Å². The quantitative estimate of drug-likeness (QED) is 0.181. The molecule has 1 aliphatic heterocycles. The molecule has 1 heterocycles. The smallest absolute Gasteiger partial charge is 0.0844 e. The van der Waals surface area contributed by atoms with Crippen LogP contribution in [0.2, 0.25) is 0 Å². The molecule has 0 aliphatic carbocycles. The van der Waals surface area contributed by atoms with E-state index in [1.807, 2.05) is 0 Å². The lowest BCUT2D eigenvalue weighted by Crippen LogP contribution is -1.93. The summed E-state index contributed by atoms with van der Waals surface area (Å²) >= 11 is 0. The van der Waals surface area contributed by atoms with Gasteiger partial charge in [-0.15, -0.1) is 0 Å². The van der Waals surface area contributed by atoms with Crippen LogP contribution in [0.4, 0.5) is 0 Å². The maximum Gasteiger partial charge on any atom is 0.0844 e. The van der Waals surface area contributed by atoms with E-state index in [4.69, 9.17) is 4.74 Å². The van der Waals surface area contributed by atoms with Gasteiger partial charge in [0.25, 0.3) is 0 Å². The molecule has 0 amide bonds. The van der Waals surface area contributed by atoms with Crippen molar-refractivity contribution < 1.29 is 4.74 Å². The van der Waals surface area contributed by atoms with Gasteiger partial charge in [-0.05, 0) is 32.1 Å². The highest BCUT2D eigenvalue weighted by Gasteiger charge is 2.36. The molecule has 1 fully saturated rings. The number of allylic oxidation sites excluding steroid dienone is 4. The zero-order valence-electron chi connectivity index (χ0n) is 15.1. The first kappa shape index (κ1) is 19.5. The molecule has 1 heteroatoms. The van der Waals surface area contributed by atoms with Crippen LogP contribution in [0.5, 0.6) is 0 Å². The van der Waals surface area contributed by atoms with Gasteiger partial charge in [-0.3, -0.25) is 0 Å². The molecule has 0 saturated carbocycles. The lowest BCUT2D eigenvalue weighted by molar-refractivity contribution is 0.352. The van der Waals surface area contributed by atoms with Crippen molar-refractivity contribution in [3.05, 3.63) is 24.3 Å². The predicted octanol–water partition coefficient (Wildman–Crippen LogP) is 6.98. The second kappa shape index (κ2) is 14.1. The Hall–Kier alpha value is -0.560. The molecule has 0 N–H and O–H groups in total. The molecule has 0 radical (unpaired) electrons. The second-order valence-corrected chi connectivity index (χ2v) is 6.64. The molecule has 1 aliphatic rings. The molecule has 22 heavy (non-hydrogen) atoms. The highest BCUT2D eigenvalue weighted by Crippen LogP contribution is 2.31. The molecular weight excluding hydrogens is 268 g/mol.